The van der Waals surface area contributed by atoms with Gasteiger partial charge in [0, 0.05) is 28.5 Å². The summed E-state index contributed by atoms with van der Waals surface area (Å²) in [6, 6.07) is 22.2. The number of nitrogens with one attached hydrogen (secondary N) is 1. The second-order valence-electron chi connectivity index (χ2n) is 9.42. The Morgan fingerprint density at radius 2 is 1.64 bits per heavy atom. The number of anilines is 1. The number of rotatable bonds is 12. The van der Waals surface area contributed by atoms with Crippen molar-refractivity contribution in [2.24, 2.45) is 0 Å². The summed E-state index contributed by atoms with van der Waals surface area (Å²) in [6.45, 7) is 3.46. The molecule has 7 nitrogen and oxygen atoms in total. The van der Waals surface area contributed by atoms with E-state index < -0.39 is 28.5 Å². The third-order valence-electron chi connectivity index (χ3n) is 6.29. The molecule has 0 saturated carbocycles. The minimum Gasteiger partial charge on any atom is -0.352 e. The Bertz CT molecular complexity index is 1390. The van der Waals surface area contributed by atoms with E-state index in [0.29, 0.717) is 15.2 Å². The van der Waals surface area contributed by atoms with E-state index in [-0.39, 0.29) is 24.9 Å². The summed E-state index contributed by atoms with van der Waals surface area (Å²) in [6.07, 6.45) is 2.03. The van der Waals surface area contributed by atoms with Gasteiger partial charge in [0.25, 0.3) is 0 Å². The van der Waals surface area contributed by atoms with Crippen molar-refractivity contribution < 1.29 is 18.0 Å². The Labute approximate surface area is 244 Å². The summed E-state index contributed by atoms with van der Waals surface area (Å²) in [5.41, 5.74) is 1.93. The lowest BCUT2D eigenvalue weighted by Gasteiger charge is -2.34. The Morgan fingerprint density at radius 3 is 2.26 bits per heavy atom. The maximum absolute atomic E-state index is 14.0. The van der Waals surface area contributed by atoms with Gasteiger partial charge in [-0.25, -0.2) is 8.42 Å². The van der Waals surface area contributed by atoms with Crippen LogP contribution < -0.4 is 9.62 Å². The lowest BCUT2D eigenvalue weighted by molar-refractivity contribution is -0.140. The Morgan fingerprint density at radius 1 is 0.974 bits per heavy atom. The topological polar surface area (TPSA) is 86.8 Å². The first kappa shape index (κ1) is 30.7. The van der Waals surface area contributed by atoms with Crippen molar-refractivity contribution in [2.45, 2.75) is 45.3 Å². The van der Waals surface area contributed by atoms with Gasteiger partial charge in [-0.05, 0) is 54.8 Å². The van der Waals surface area contributed by atoms with Gasteiger partial charge in [0.15, 0.2) is 0 Å². The molecule has 1 N–H and O–H groups in total. The zero-order valence-electron chi connectivity index (χ0n) is 22.2. The Kier molecular flexibility index (Phi) is 11.0. The lowest BCUT2D eigenvalue weighted by atomic mass is 10.0. The minimum atomic E-state index is -3.83. The van der Waals surface area contributed by atoms with Crippen LogP contribution in [0.1, 0.15) is 31.4 Å². The minimum absolute atomic E-state index is 0.0703. The Balaban J connectivity index is 2.06. The molecule has 208 valence electrons. The average Bonchev–Trinajstić information content (AvgIpc) is 2.89. The largest absolute Gasteiger partial charge is 0.352 e. The highest BCUT2D eigenvalue weighted by Crippen LogP contribution is 2.24. The van der Waals surface area contributed by atoms with Gasteiger partial charge < -0.3 is 10.2 Å². The second kappa shape index (κ2) is 14.0. The van der Waals surface area contributed by atoms with Crippen LogP contribution in [0.15, 0.2) is 83.3 Å². The first-order valence-corrected chi connectivity index (χ1v) is 15.6. The van der Waals surface area contributed by atoms with E-state index in [1.54, 1.807) is 42.5 Å². The number of hydrogen-bond acceptors (Lipinski definition) is 4. The van der Waals surface area contributed by atoms with Gasteiger partial charge in [-0.3, -0.25) is 13.9 Å². The van der Waals surface area contributed by atoms with Gasteiger partial charge in [-0.15, -0.1) is 0 Å². The molecule has 2 atom stereocenters. The molecule has 0 bridgehead atoms. The highest BCUT2D eigenvalue weighted by Gasteiger charge is 2.33. The number of benzene rings is 3. The van der Waals surface area contributed by atoms with Gasteiger partial charge in [-0.2, -0.15) is 0 Å². The number of nitrogens with zero attached hydrogens (tertiary/aromatic N) is 2. The monoisotopic (exact) mass is 633 g/mol. The van der Waals surface area contributed by atoms with Gasteiger partial charge in [-0.1, -0.05) is 83.0 Å². The van der Waals surface area contributed by atoms with Crippen LogP contribution in [0.25, 0.3) is 0 Å². The molecule has 0 aliphatic carbocycles. The maximum Gasteiger partial charge on any atom is 0.244 e. The number of amides is 2. The molecule has 3 aromatic carbocycles. The lowest BCUT2D eigenvalue weighted by Crippen LogP contribution is -2.54. The molecule has 10 heteroatoms. The van der Waals surface area contributed by atoms with E-state index in [1.165, 1.54) is 4.90 Å². The van der Waals surface area contributed by atoms with Crippen LogP contribution in [-0.2, 0) is 32.6 Å². The zero-order chi connectivity index (χ0) is 28.6. The van der Waals surface area contributed by atoms with Gasteiger partial charge in [0.2, 0.25) is 21.8 Å². The number of carbonyl (C=O) groups is 2. The van der Waals surface area contributed by atoms with Crippen molar-refractivity contribution in [1.29, 1.82) is 0 Å². The van der Waals surface area contributed by atoms with Crippen molar-refractivity contribution in [2.75, 3.05) is 17.1 Å². The number of carbonyl (C=O) groups excluding carboxylic acids is 2. The van der Waals surface area contributed by atoms with E-state index in [2.05, 4.69) is 21.2 Å². The smallest absolute Gasteiger partial charge is 0.244 e. The quantitative estimate of drug-likeness (QED) is 0.288. The van der Waals surface area contributed by atoms with Crippen molar-refractivity contribution in [3.8, 4) is 0 Å². The molecule has 2 amide bonds. The molecule has 0 aromatic heterocycles. The number of hydrogen-bond donors (Lipinski definition) is 1. The third-order valence-corrected chi connectivity index (χ3v) is 8.16. The standard InChI is InChI=1S/C29H33BrClN3O4S/c1-4-21(2)32-29(36)27(17-22-10-6-5-7-11-22)33(19-23-12-8-14-25(31)16-23)28(35)20-34(39(3,37)38)26-15-9-13-24(30)18-26/h5-16,18,21,27H,4,17,19-20H2,1-3H3,(H,32,36). The molecule has 39 heavy (non-hydrogen) atoms. The zero-order valence-corrected chi connectivity index (χ0v) is 25.3. The molecular formula is C29H33BrClN3O4S. The van der Waals surface area contributed by atoms with Crippen molar-refractivity contribution in [3.63, 3.8) is 0 Å². The fraction of sp³-hybridized carbons (Fsp3) is 0.310. The normalized spacial score (nSPS) is 12.8. The second-order valence-corrected chi connectivity index (χ2v) is 12.7. The van der Waals surface area contributed by atoms with Crippen LogP contribution in [0.5, 0.6) is 0 Å². The molecule has 0 saturated heterocycles. The van der Waals surface area contributed by atoms with E-state index in [9.17, 15) is 18.0 Å². The van der Waals surface area contributed by atoms with Crippen molar-refractivity contribution in [1.82, 2.24) is 10.2 Å². The molecule has 3 rings (SSSR count). The molecule has 0 heterocycles. The van der Waals surface area contributed by atoms with Gasteiger partial charge >= 0.3 is 0 Å². The molecule has 0 radical (unpaired) electrons. The molecule has 0 aliphatic rings. The molecule has 2 unspecified atom stereocenters. The molecule has 0 fully saturated rings. The Hall–Kier alpha value is -2.88. The van der Waals surface area contributed by atoms with Crippen LogP contribution in [0, 0.1) is 0 Å². The van der Waals surface area contributed by atoms with Crippen molar-refractivity contribution >= 4 is 55.1 Å². The van der Waals surface area contributed by atoms with E-state index >= 15 is 0 Å². The summed E-state index contributed by atoms with van der Waals surface area (Å²) in [5, 5.41) is 3.50. The fourth-order valence-electron chi connectivity index (χ4n) is 4.07. The van der Waals surface area contributed by atoms with Crippen LogP contribution in [0.3, 0.4) is 0 Å². The summed E-state index contributed by atoms with van der Waals surface area (Å²) in [5.74, 6) is -0.822. The van der Waals surface area contributed by atoms with E-state index in [4.69, 9.17) is 11.6 Å². The van der Waals surface area contributed by atoms with Crippen molar-refractivity contribution in [3.05, 3.63) is 99.5 Å². The van der Waals surface area contributed by atoms with E-state index in [1.807, 2.05) is 50.2 Å². The fourth-order valence-corrected chi connectivity index (χ4v) is 5.51. The van der Waals surface area contributed by atoms with E-state index in [0.717, 1.165) is 28.1 Å². The summed E-state index contributed by atoms with van der Waals surface area (Å²) < 4.78 is 27.4. The summed E-state index contributed by atoms with van der Waals surface area (Å²) >= 11 is 9.60. The highest BCUT2D eigenvalue weighted by atomic mass is 79.9. The van der Waals surface area contributed by atoms with Crippen LogP contribution in [-0.4, -0.2) is 50.0 Å². The molecular weight excluding hydrogens is 602 g/mol. The van der Waals surface area contributed by atoms with Crippen LogP contribution >= 0.6 is 27.5 Å². The molecule has 0 spiro atoms. The van der Waals surface area contributed by atoms with Crippen LogP contribution in [0.4, 0.5) is 5.69 Å². The number of sulfonamides is 1. The summed E-state index contributed by atoms with van der Waals surface area (Å²) in [7, 11) is -3.83. The predicted octanol–water partition coefficient (Wildman–Crippen LogP) is 5.42. The van der Waals surface area contributed by atoms with Gasteiger partial charge in [0.05, 0.1) is 11.9 Å². The van der Waals surface area contributed by atoms with Crippen LogP contribution in [0.2, 0.25) is 5.02 Å². The highest BCUT2D eigenvalue weighted by molar-refractivity contribution is 9.10. The first-order valence-electron chi connectivity index (χ1n) is 12.6. The predicted molar refractivity (Wildman–Crippen MR) is 160 cm³/mol. The molecule has 0 aliphatic heterocycles. The average molecular weight is 635 g/mol. The number of halogens is 2. The maximum atomic E-state index is 14.0. The SMILES string of the molecule is CCC(C)NC(=O)C(Cc1ccccc1)N(Cc1cccc(Cl)c1)C(=O)CN(c1cccc(Br)c1)S(C)(=O)=O. The molecule has 3 aromatic rings. The van der Waals surface area contributed by atoms with Gasteiger partial charge in [0.1, 0.15) is 12.6 Å². The third kappa shape index (κ3) is 9.08. The first-order chi connectivity index (χ1) is 18.5. The summed E-state index contributed by atoms with van der Waals surface area (Å²) in [4.78, 5) is 29.1.